The van der Waals surface area contributed by atoms with E-state index in [-0.39, 0.29) is 11.4 Å². The molecular formula is C10H22N2O3S. The number of hydrogen-bond donors (Lipinski definition) is 2. The predicted molar refractivity (Wildman–Crippen MR) is 63.9 cm³/mol. The standard InChI is InChI=1S/C10H22N2O3S/c1-3-15-9(2)7-12-16(13,14)10-5-4-6-11-8-10/h9-12H,3-8H2,1-2H3. The lowest BCUT2D eigenvalue weighted by molar-refractivity contribution is 0.0799. The van der Waals surface area contributed by atoms with Gasteiger partial charge in [-0.05, 0) is 33.2 Å². The first-order valence-electron chi connectivity index (χ1n) is 5.87. The number of hydrogen-bond acceptors (Lipinski definition) is 4. The molecule has 0 aliphatic carbocycles. The minimum Gasteiger partial charge on any atom is -0.377 e. The van der Waals surface area contributed by atoms with E-state index in [0.717, 1.165) is 19.4 Å². The molecule has 0 amide bonds. The van der Waals surface area contributed by atoms with E-state index in [1.54, 1.807) is 0 Å². The van der Waals surface area contributed by atoms with Crippen LogP contribution in [0.3, 0.4) is 0 Å². The second kappa shape index (κ2) is 6.54. The van der Waals surface area contributed by atoms with Crippen molar-refractivity contribution in [3.8, 4) is 0 Å². The molecule has 2 atom stereocenters. The van der Waals surface area contributed by atoms with Gasteiger partial charge in [0.05, 0.1) is 11.4 Å². The van der Waals surface area contributed by atoms with Crippen LogP contribution in [0, 0.1) is 0 Å². The highest BCUT2D eigenvalue weighted by Gasteiger charge is 2.26. The molecule has 5 nitrogen and oxygen atoms in total. The zero-order valence-corrected chi connectivity index (χ0v) is 10.8. The first-order valence-corrected chi connectivity index (χ1v) is 7.41. The Labute approximate surface area is 98.0 Å². The van der Waals surface area contributed by atoms with Gasteiger partial charge in [0.2, 0.25) is 10.0 Å². The molecule has 0 saturated carbocycles. The van der Waals surface area contributed by atoms with Crippen LogP contribution in [0.5, 0.6) is 0 Å². The summed E-state index contributed by atoms with van der Waals surface area (Å²) >= 11 is 0. The number of nitrogens with one attached hydrogen (secondary N) is 2. The number of ether oxygens (including phenoxy) is 1. The van der Waals surface area contributed by atoms with Crippen molar-refractivity contribution in [3.63, 3.8) is 0 Å². The van der Waals surface area contributed by atoms with E-state index in [1.165, 1.54) is 0 Å². The summed E-state index contributed by atoms with van der Waals surface area (Å²) in [6.07, 6.45) is 1.59. The van der Waals surface area contributed by atoms with Crippen molar-refractivity contribution in [1.82, 2.24) is 10.0 Å². The molecule has 0 bridgehead atoms. The van der Waals surface area contributed by atoms with Crippen molar-refractivity contribution in [2.24, 2.45) is 0 Å². The van der Waals surface area contributed by atoms with Gasteiger partial charge in [-0.1, -0.05) is 0 Å². The van der Waals surface area contributed by atoms with Crippen LogP contribution < -0.4 is 10.0 Å². The second-order valence-corrected chi connectivity index (χ2v) is 6.17. The van der Waals surface area contributed by atoms with Crippen molar-refractivity contribution in [2.75, 3.05) is 26.2 Å². The van der Waals surface area contributed by atoms with Crippen molar-refractivity contribution >= 4 is 10.0 Å². The summed E-state index contributed by atoms with van der Waals surface area (Å²) in [5, 5.41) is 2.81. The van der Waals surface area contributed by atoms with E-state index in [0.29, 0.717) is 19.7 Å². The number of piperidine rings is 1. The molecule has 1 saturated heterocycles. The van der Waals surface area contributed by atoms with Crippen LogP contribution in [0.25, 0.3) is 0 Å². The van der Waals surface area contributed by atoms with Crippen LogP contribution in [0.4, 0.5) is 0 Å². The molecule has 16 heavy (non-hydrogen) atoms. The van der Waals surface area contributed by atoms with Crippen molar-refractivity contribution in [3.05, 3.63) is 0 Å². The van der Waals surface area contributed by atoms with Crippen LogP contribution in [0.15, 0.2) is 0 Å². The smallest absolute Gasteiger partial charge is 0.215 e. The fraction of sp³-hybridized carbons (Fsp3) is 1.00. The molecule has 2 unspecified atom stereocenters. The monoisotopic (exact) mass is 250 g/mol. The van der Waals surface area contributed by atoms with Crippen molar-refractivity contribution < 1.29 is 13.2 Å². The number of rotatable bonds is 6. The highest BCUT2D eigenvalue weighted by atomic mass is 32.2. The van der Waals surface area contributed by atoms with Gasteiger partial charge in [-0.3, -0.25) is 0 Å². The Bertz CT molecular complexity index is 286. The zero-order valence-electron chi connectivity index (χ0n) is 10.0. The van der Waals surface area contributed by atoms with Gasteiger partial charge < -0.3 is 10.1 Å². The van der Waals surface area contributed by atoms with E-state index >= 15 is 0 Å². The average molecular weight is 250 g/mol. The Kier molecular flexibility index (Phi) is 5.68. The highest BCUT2D eigenvalue weighted by Crippen LogP contribution is 2.10. The van der Waals surface area contributed by atoms with E-state index < -0.39 is 10.0 Å². The van der Waals surface area contributed by atoms with E-state index in [9.17, 15) is 8.42 Å². The summed E-state index contributed by atoms with van der Waals surface area (Å²) in [7, 11) is -3.19. The quantitative estimate of drug-likeness (QED) is 0.701. The normalized spacial score (nSPS) is 24.2. The molecule has 1 aliphatic rings. The van der Waals surface area contributed by atoms with Crippen LogP contribution in [0.2, 0.25) is 0 Å². The van der Waals surface area contributed by atoms with Gasteiger partial charge in [0, 0.05) is 19.7 Å². The highest BCUT2D eigenvalue weighted by molar-refractivity contribution is 7.90. The first kappa shape index (κ1) is 13.9. The molecule has 0 aromatic rings. The molecule has 0 aromatic heterocycles. The molecule has 1 aliphatic heterocycles. The third-order valence-electron chi connectivity index (χ3n) is 2.71. The van der Waals surface area contributed by atoms with Crippen LogP contribution >= 0.6 is 0 Å². The lowest BCUT2D eigenvalue weighted by Crippen LogP contribution is -2.45. The lowest BCUT2D eigenvalue weighted by Gasteiger charge is -2.23. The van der Waals surface area contributed by atoms with Crippen molar-refractivity contribution in [2.45, 2.75) is 38.0 Å². The second-order valence-electron chi connectivity index (χ2n) is 4.13. The minimum absolute atomic E-state index is 0.0728. The Balaban J connectivity index is 2.38. The Morgan fingerprint density at radius 2 is 2.31 bits per heavy atom. The molecule has 1 fully saturated rings. The van der Waals surface area contributed by atoms with Crippen LogP contribution in [0.1, 0.15) is 26.7 Å². The third kappa shape index (κ3) is 4.37. The van der Waals surface area contributed by atoms with Gasteiger partial charge >= 0.3 is 0 Å². The SMILES string of the molecule is CCOC(C)CNS(=O)(=O)C1CCCNC1. The van der Waals surface area contributed by atoms with E-state index in [4.69, 9.17) is 4.74 Å². The average Bonchev–Trinajstić information content (AvgIpc) is 2.28. The van der Waals surface area contributed by atoms with Crippen molar-refractivity contribution in [1.29, 1.82) is 0 Å². The van der Waals surface area contributed by atoms with E-state index in [2.05, 4.69) is 10.0 Å². The molecule has 96 valence electrons. The molecule has 1 rings (SSSR count). The zero-order chi connectivity index (χ0) is 12.0. The minimum atomic E-state index is -3.19. The predicted octanol–water partition coefficient (Wildman–Crippen LogP) is 0.0828. The summed E-state index contributed by atoms with van der Waals surface area (Å²) in [5.41, 5.74) is 0. The summed E-state index contributed by atoms with van der Waals surface area (Å²) in [6.45, 7) is 6.20. The topological polar surface area (TPSA) is 67.4 Å². The summed E-state index contributed by atoms with van der Waals surface area (Å²) in [6, 6.07) is 0. The van der Waals surface area contributed by atoms with Gasteiger partial charge in [-0.2, -0.15) is 0 Å². The third-order valence-corrected chi connectivity index (χ3v) is 4.56. The molecule has 0 aromatic carbocycles. The lowest BCUT2D eigenvalue weighted by atomic mass is 10.2. The van der Waals surface area contributed by atoms with Crippen LogP contribution in [-0.2, 0) is 14.8 Å². The summed E-state index contributed by atoms with van der Waals surface area (Å²) < 4.78 is 31.7. The van der Waals surface area contributed by atoms with Gasteiger partial charge in [0.15, 0.2) is 0 Å². The van der Waals surface area contributed by atoms with Gasteiger partial charge in [-0.15, -0.1) is 0 Å². The molecule has 1 heterocycles. The summed E-state index contributed by atoms with van der Waals surface area (Å²) in [5.74, 6) is 0. The van der Waals surface area contributed by atoms with Gasteiger partial charge in [-0.25, -0.2) is 13.1 Å². The Morgan fingerprint density at radius 1 is 1.56 bits per heavy atom. The summed E-state index contributed by atoms with van der Waals surface area (Å²) in [4.78, 5) is 0. The largest absolute Gasteiger partial charge is 0.377 e. The molecule has 0 spiro atoms. The first-order chi connectivity index (χ1) is 7.56. The van der Waals surface area contributed by atoms with Gasteiger partial charge in [0.25, 0.3) is 0 Å². The van der Waals surface area contributed by atoms with E-state index in [1.807, 2.05) is 13.8 Å². The molecular weight excluding hydrogens is 228 g/mol. The maximum absolute atomic E-state index is 11.9. The molecule has 0 radical (unpaired) electrons. The maximum atomic E-state index is 11.9. The van der Waals surface area contributed by atoms with Crippen LogP contribution in [-0.4, -0.2) is 46.0 Å². The Morgan fingerprint density at radius 3 is 2.88 bits per heavy atom. The molecule has 6 heteroatoms. The van der Waals surface area contributed by atoms with Gasteiger partial charge in [0.1, 0.15) is 0 Å². The maximum Gasteiger partial charge on any atom is 0.215 e. The Hall–Kier alpha value is -0.170. The molecule has 2 N–H and O–H groups in total. The number of sulfonamides is 1. The fourth-order valence-electron chi connectivity index (χ4n) is 1.78. The fourth-order valence-corrected chi connectivity index (χ4v) is 3.30.